The largest absolute Gasteiger partial charge is 0.381 e. The van der Waals surface area contributed by atoms with E-state index in [1.54, 1.807) is 0 Å². The van der Waals surface area contributed by atoms with E-state index < -0.39 is 0 Å². The lowest BCUT2D eigenvalue weighted by Gasteiger charge is -2.25. The molecule has 1 aromatic carbocycles. The highest BCUT2D eigenvalue weighted by Gasteiger charge is 2.42. The van der Waals surface area contributed by atoms with E-state index in [4.69, 9.17) is 9.73 Å². The van der Waals surface area contributed by atoms with Gasteiger partial charge in [0.2, 0.25) is 0 Å². The van der Waals surface area contributed by atoms with Gasteiger partial charge in [0.1, 0.15) is 0 Å². The van der Waals surface area contributed by atoms with Gasteiger partial charge in [0.15, 0.2) is 5.96 Å². The van der Waals surface area contributed by atoms with E-state index in [0.29, 0.717) is 5.41 Å². The summed E-state index contributed by atoms with van der Waals surface area (Å²) in [4.78, 5) is 9.91. The van der Waals surface area contributed by atoms with Crippen LogP contribution in [0, 0.1) is 5.41 Å². The number of rotatable bonds is 5. The first-order valence-electron chi connectivity index (χ1n) is 10.7. The Morgan fingerprint density at radius 3 is 2.54 bits per heavy atom. The lowest BCUT2D eigenvalue weighted by atomic mass is 9.87. The average Bonchev–Trinajstić information content (AvgIpc) is 3.44. The van der Waals surface area contributed by atoms with Gasteiger partial charge >= 0.3 is 0 Å². The maximum absolute atomic E-state index is 5.67. The quantitative estimate of drug-likeness (QED) is 0.384. The third-order valence-corrected chi connectivity index (χ3v) is 6.30. The molecule has 1 N–H and O–H groups in total. The van der Waals surface area contributed by atoms with Crippen LogP contribution in [0.5, 0.6) is 0 Å². The lowest BCUT2D eigenvalue weighted by molar-refractivity contribution is 0.156. The first kappa shape index (κ1) is 21.8. The molecule has 0 saturated carbocycles. The molecule has 0 radical (unpaired) electrons. The van der Waals surface area contributed by atoms with Crippen molar-refractivity contribution in [3.8, 4) is 0 Å². The van der Waals surface area contributed by atoms with Crippen LogP contribution in [0.15, 0.2) is 29.3 Å². The van der Waals surface area contributed by atoms with Gasteiger partial charge in [0.25, 0.3) is 0 Å². The third-order valence-electron chi connectivity index (χ3n) is 6.30. The van der Waals surface area contributed by atoms with Gasteiger partial charge in [-0.15, -0.1) is 24.0 Å². The lowest BCUT2D eigenvalue weighted by Crippen LogP contribution is -2.41. The van der Waals surface area contributed by atoms with E-state index in [-0.39, 0.29) is 24.0 Å². The minimum absolute atomic E-state index is 0. The summed E-state index contributed by atoms with van der Waals surface area (Å²) >= 11 is 0. The van der Waals surface area contributed by atoms with Gasteiger partial charge in [0, 0.05) is 38.2 Å². The molecular formula is C22H35IN4O. The van der Waals surface area contributed by atoms with Crippen molar-refractivity contribution in [1.29, 1.82) is 0 Å². The number of likely N-dealkylation sites (tertiary alicyclic amines) is 2. The van der Waals surface area contributed by atoms with E-state index in [0.717, 1.165) is 51.9 Å². The molecule has 3 aliphatic rings. The van der Waals surface area contributed by atoms with Crippen molar-refractivity contribution in [2.45, 2.75) is 45.7 Å². The second-order valence-electron chi connectivity index (χ2n) is 8.44. The number of benzene rings is 1. The molecule has 0 bridgehead atoms. The molecule has 3 aliphatic heterocycles. The Morgan fingerprint density at radius 1 is 1.11 bits per heavy atom. The molecule has 3 heterocycles. The van der Waals surface area contributed by atoms with Gasteiger partial charge in [0.05, 0.1) is 13.2 Å². The monoisotopic (exact) mass is 498 g/mol. The van der Waals surface area contributed by atoms with Crippen molar-refractivity contribution in [3.63, 3.8) is 0 Å². The van der Waals surface area contributed by atoms with Crippen LogP contribution in [-0.2, 0) is 17.8 Å². The van der Waals surface area contributed by atoms with Crippen LogP contribution in [0.4, 0.5) is 0 Å². The summed E-state index contributed by atoms with van der Waals surface area (Å²) in [5.74, 6) is 1.06. The Balaban J connectivity index is 0.00000225. The van der Waals surface area contributed by atoms with Crippen molar-refractivity contribution in [2.75, 3.05) is 45.9 Å². The fourth-order valence-electron chi connectivity index (χ4n) is 4.63. The zero-order chi connectivity index (χ0) is 18.5. The van der Waals surface area contributed by atoms with Crippen LogP contribution < -0.4 is 5.32 Å². The van der Waals surface area contributed by atoms with E-state index in [1.165, 1.54) is 49.9 Å². The van der Waals surface area contributed by atoms with Gasteiger partial charge in [-0.1, -0.05) is 24.3 Å². The number of nitrogens with one attached hydrogen (secondary N) is 1. The Morgan fingerprint density at radius 2 is 1.86 bits per heavy atom. The summed E-state index contributed by atoms with van der Waals surface area (Å²) in [6.45, 7) is 11.4. The van der Waals surface area contributed by atoms with Crippen LogP contribution in [0.2, 0.25) is 0 Å². The predicted molar refractivity (Wildman–Crippen MR) is 125 cm³/mol. The minimum Gasteiger partial charge on any atom is -0.381 e. The maximum atomic E-state index is 5.67. The second-order valence-corrected chi connectivity index (χ2v) is 8.44. The number of guanidine groups is 1. The minimum atomic E-state index is 0. The Bertz CT molecular complexity index is 636. The fourth-order valence-corrected chi connectivity index (χ4v) is 4.63. The molecule has 1 atom stereocenters. The van der Waals surface area contributed by atoms with E-state index in [9.17, 15) is 0 Å². The zero-order valence-corrected chi connectivity index (χ0v) is 19.5. The van der Waals surface area contributed by atoms with Crippen LogP contribution in [0.25, 0.3) is 0 Å². The number of ether oxygens (including phenoxy) is 1. The summed E-state index contributed by atoms with van der Waals surface area (Å²) < 4.78 is 5.67. The predicted octanol–water partition coefficient (Wildman–Crippen LogP) is 3.48. The number of hydrogen-bond acceptors (Lipinski definition) is 3. The number of nitrogens with zero attached hydrogens (tertiary/aromatic N) is 3. The molecule has 0 aliphatic carbocycles. The van der Waals surface area contributed by atoms with Crippen LogP contribution >= 0.6 is 24.0 Å². The van der Waals surface area contributed by atoms with Gasteiger partial charge in [-0.3, -0.25) is 4.90 Å². The second kappa shape index (κ2) is 10.3. The van der Waals surface area contributed by atoms with Crippen molar-refractivity contribution in [3.05, 3.63) is 35.4 Å². The first-order valence-corrected chi connectivity index (χ1v) is 10.7. The highest BCUT2D eigenvalue weighted by atomic mass is 127. The van der Waals surface area contributed by atoms with Crippen LogP contribution in [-0.4, -0.2) is 61.7 Å². The molecule has 6 heteroatoms. The molecule has 28 heavy (non-hydrogen) atoms. The topological polar surface area (TPSA) is 40.1 Å². The van der Waals surface area contributed by atoms with Crippen molar-refractivity contribution < 1.29 is 4.74 Å². The molecule has 0 amide bonds. The SMILES string of the molecule is CCNC(=NCc1ccc(CN2CCCC2)cc1)N1CCC2(CCOC2)C1.I. The smallest absolute Gasteiger partial charge is 0.194 e. The first-order chi connectivity index (χ1) is 13.3. The highest BCUT2D eigenvalue weighted by Crippen LogP contribution is 2.38. The zero-order valence-electron chi connectivity index (χ0n) is 17.2. The number of halogens is 1. The van der Waals surface area contributed by atoms with E-state index in [2.05, 4.69) is 46.3 Å². The van der Waals surface area contributed by atoms with Gasteiger partial charge in [-0.25, -0.2) is 4.99 Å². The van der Waals surface area contributed by atoms with Crippen molar-refractivity contribution in [2.24, 2.45) is 10.4 Å². The third kappa shape index (κ3) is 5.39. The summed E-state index contributed by atoms with van der Waals surface area (Å²) in [6.07, 6.45) is 5.12. The maximum Gasteiger partial charge on any atom is 0.194 e. The number of aliphatic imine (C=N–C) groups is 1. The fraction of sp³-hybridized carbons (Fsp3) is 0.682. The van der Waals surface area contributed by atoms with Crippen molar-refractivity contribution in [1.82, 2.24) is 15.1 Å². The summed E-state index contributed by atoms with van der Waals surface area (Å²) in [6, 6.07) is 9.04. The Hall–Kier alpha value is -0.860. The van der Waals surface area contributed by atoms with Gasteiger partial charge in [-0.2, -0.15) is 0 Å². The molecule has 0 aromatic heterocycles. The molecule has 156 valence electrons. The summed E-state index contributed by atoms with van der Waals surface area (Å²) in [7, 11) is 0. The molecule has 5 nitrogen and oxygen atoms in total. The highest BCUT2D eigenvalue weighted by molar-refractivity contribution is 14.0. The van der Waals surface area contributed by atoms with Crippen molar-refractivity contribution >= 4 is 29.9 Å². The standard InChI is InChI=1S/C22H34N4O.HI/c1-2-23-21(26-13-9-22(17-26)10-14-27-18-22)24-15-19-5-7-20(8-6-19)16-25-11-3-4-12-25;/h5-8H,2-4,9-18H2,1H3,(H,23,24);1H. The molecule has 1 unspecified atom stereocenters. The van der Waals surface area contributed by atoms with E-state index >= 15 is 0 Å². The normalized spacial score (nSPS) is 25.5. The molecule has 4 rings (SSSR count). The average molecular weight is 498 g/mol. The van der Waals surface area contributed by atoms with Crippen LogP contribution in [0.3, 0.4) is 0 Å². The molecular weight excluding hydrogens is 463 g/mol. The molecule has 3 saturated heterocycles. The van der Waals surface area contributed by atoms with Gasteiger partial charge < -0.3 is 15.0 Å². The van der Waals surface area contributed by atoms with Gasteiger partial charge in [-0.05, 0) is 56.8 Å². The summed E-state index contributed by atoms with van der Waals surface area (Å²) in [5, 5.41) is 3.49. The molecule has 3 fully saturated rings. The summed E-state index contributed by atoms with van der Waals surface area (Å²) in [5.41, 5.74) is 3.07. The van der Waals surface area contributed by atoms with E-state index in [1.807, 2.05) is 0 Å². The Kier molecular flexibility index (Phi) is 8.00. The van der Waals surface area contributed by atoms with Crippen LogP contribution in [0.1, 0.15) is 43.7 Å². The Labute approximate surface area is 186 Å². The molecule has 1 aromatic rings. The molecule has 1 spiro atoms. The number of hydrogen-bond donors (Lipinski definition) is 1.